The summed E-state index contributed by atoms with van der Waals surface area (Å²) in [6.07, 6.45) is 6.62. The molecule has 1 heterocycles. The predicted octanol–water partition coefficient (Wildman–Crippen LogP) is 1.33. The van der Waals surface area contributed by atoms with Crippen LogP contribution in [-0.2, 0) is 9.53 Å². The molecule has 1 aliphatic rings. The van der Waals surface area contributed by atoms with Gasteiger partial charge < -0.3 is 10.1 Å². The number of ether oxygens (including phenoxy) is 1. The lowest BCUT2D eigenvalue weighted by Crippen LogP contribution is -2.22. The molecule has 3 heteroatoms. The van der Waals surface area contributed by atoms with E-state index in [-0.39, 0.29) is 5.91 Å². The smallest absolute Gasteiger partial charge is 0.224 e. The second-order valence-corrected chi connectivity index (χ2v) is 2.59. The van der Waals surface area contributed by atoms with Crippen molar-refractivity contribution in [3.63, 3.8) is 0 Å². The number of rotatable bonds is 3. The van der Waals surface area contributed by atoms with E-state index >= 15 is 0 Å². The zero-order valence-electron chi connectivity index (χ0n) is 7.17. The molecule has 0 unspecified atom stereocenters. The van der Waals surface area contributed by atoms with Crippen LogP contribution >= 0.6 is 0 Å². The van der Waals surface area contributed by atoms with Gasteiger partial charge in [0.15, 0.2) is 0 Å². The van der Waals surface area contributed by atoms with Gasteiger partial charge in [-0.15, -0.1) is 0 Å². The van der Waals surface area contributed by atoms with E-state index < -0.39 is 0 Å². The fourth-order valence-corrected chi connectivity index (χ4v) is 0.926. The van der Waals surface area contributed by atoms with Crippen LogP contribution in [0.4, 0.5) is 0 Å². The molecule has 1 rings (SSSR count). The van der Waals surface area contributed by atoms with Gasteiger partial charge in [0.1, 0.15) is 6.61 Å². The van der Waals surface area contributed by atoms with Gasteiger partial charge in [0, 0.05) is 12.1 Å². The maximum absolute atomic E-state index is 11.1. The first-order chi connectivity index (χ1) is 5.83. The maximum atomic E-state index is 11.1. The van der Waals surface area contributed by atoms with Crippen LogP contribution in [0, 0.1) is 0 Å². The van der Waals surface area contributed by atoms with E-state index in [0.29, 0.717) is 13.0 Å². The van der Waals surface area contributed by atoms with Gasteiger partial charge in [-0.25, -0.2) is 0 Å². The predicted molar refractivity (Wildman–Crippen MR) is 46.2 cm³/mol. The minimum Gasteiger partial charge on any atom is -0.497 e. The zero-order chi connectivity index (χ0) is 8.81. The summed E-state index contributed by atoms with van der Waals surface area (Å²) >= 11 is 0. The normalized spacial score (nSPS) is 14.9. The second kappa shape index (κ2) is 4.59. The van der Waals surface area contributed by atoms with Crippen molar-refractivity contribution in [3.05, 3.63) is 24.1 Å². The van der Waals surface area contributed by atoms with Crippen LogP contribution in [0.15, 0.2) is 24.1 Å². The molecule has 3 nitrogen and oxygen atoms in total. The molecule has 0 fully saturated rings. The Balaban J connectivity index is 2.35. The molecule has 0 radical (unpaired) electrons. The summed E-state index contributed by atoms with van der Waals surface area (Å²) in [5, 5.41) is 2.78. The maximum Gasteiger partial charge on any atom is 0.224 e. The lowest BCUT2D eigenvalue weighted by molar-refractivity contribution is -0.120. The zero-order valence-corrected chi connectivity index (χ0v) is 7.17. The van der Waals surface area contributed by atoms with Crippen molar-refractivity contribution in [2.24, 2.45) is 0 Å². The number of carbonyl (C=O) groups excluding carboxylic acids is 1. The number of nitrogens with one attached hydrogen (secondary N) is 1. The second-order valence-electron chi connectivity index (χ2n) is 2.59. The van der Waals surface area contributed by atoms with Crippen LogP contribution in [0.3, 0.4) is 0 Å². The fourth-order valence-electron chi connectivity index (χ4n) is 0.926. The van der Waals surface area contributed by atoms with Gasteiger partial charge in [0.25, 0.3) is 0 Å². The minimum atomic E-state index is 0.0651. The third-order valence-corrected chi connectivity index (χ3v) is 1.50. The molecular weight excluding hydrogens is 154 g/mol. The molecule has 0 aliphatic carbocycles. The molecule has 1 amide bonds. The van der Waals surface area contributed by atoms with Crippen molar-refractivity contribution in [3.8, 4) is 0 Å². The average Bonchev–Trinajstić information content (AvgIpc) is 2.06. The number of hydrogen-bond donors (Lipinski definition) is 1. The Morgan fingerprint density at radius 2 is 2.58 bits per heavy atom. The largest absolute Gasteiger partial charge is 0.497 e. The van der Waals surface area contributed by atoms with E-state index in [1.54, 1.807) is 12.3 Å². The Morgan fingerprint density at radius 1 is 1.75 bits per heavy atom. The molecular formula is C9H13NO2. The van der Waals surface area contributed by atoms with Crippen LogP contribution in [0.5, 0.6) is 0 Å². The van der Waals surface area contributed by atoms with Gasteiger partial charge in [-0.3, -0.25) is 4.79 Å². The van der Waals surface area contributed by atoms with Gasteiger partial charge in [-0.1, -0.05) is 6.92 Å². The monoisotopic (exact) mass is 167 g/mol. The van der Waals surface area contributed by atoms with E-state index in [9.17, 15) is 4.79 Å². The first kappa shape index (κ1) is 8.84. The van der Waals surface area contributed by atoms with E-state index in [1.807, 2.05) is 13.0 Å². The van der Waals surface area contributed by atoms with Crippen LogP contribution in [0.1, 0.15) is 19.8 Å². The van der Waals surface area contributed by atoms with Crippen molar-refractivity contribution < 1.29 is 9.53 Å². The highest BCUT2D eigenvalue weighted by Crippen LogP contribution is 2.00. The van der Waals surface area contributed by atoms with E-state index in [2.05, 4.69) is 5.32 Å². The third-order valence-electron chi connectivity index (χ3n) is 1.50. The quantitative estimate of drug-likeness (QED) is 0.688. The Labute approximate surface area is 72.1 Å². The van der Waals surface area contributed by atoms with Crippen LogP contribution < -0.4 is 5.32 Å². The first-order valence-corrected chi connectivity index (χ1v) is 4.11. The molecule has 0 saturated heterocycles. The van der Waals surface area contributed by atoms with Crippen LogP contribution in [0.25, 0.3) is 0 Å². The lowest BCUT2D eigenvalue weighted by Gasteiger charge is -2.08. The van der Waals surface area contributed by atoms with E-state index in [0.717, 1.165) is 12.1 Å². The van der Waals surface area contributed by atoms with Gasteiger partial charge in [0.05, 0.1) is 6.26 Å². The molecule has 0 aromatic heterocycles. The highest BCUT2D eigenvalue weighted by molar-refractivity contribution is 5.78. The molecule has 0 saturated carbocycles. The summed E-state index contributed by atoms with van der Waals surface area (Å²) < 4.78 is 4.93. The average molecular weight is 167 g/mol. The van der Waals surface area contributed by atoms with Crippen LogP contribution in [0.2, 0.25) is 0 Å². The minimum absolute atomic E-state index is 0.0651. The Kier molecular flexibility index (Phi) is 3.38. The highest BCUT2D eigenvalue weighted by Gasteiger charge is 2.02. The van der Waals surface area contributed by atoms with Crippen molar-refractivity contribution in [1.29, 1.82) is 0 Å². The van der Waals surface area contributed by atoms with Gasteiger partial charge in [0.2, 0.25) is 5.91 Å². The first-order valence-electron chi connectivity index (χ1n) is 4.11. The Hall–Kier alpha value is -1.25. The number of allylic oxidation sites excluding steroid dienone is 1. The molecule has 1 N–H and O–H groups in total. The molecule has 0 spiro atoms. The Bertz CT molecular complexity index is 219. The van der Waals surface area contributed by atoms with Gasteiger partial charge >= 0.3 is 0 Å². The van der Waals surface area contributed by atoms with E-state index in [1.165, 1.54) is 0 Å². The third kappa shape index (κ3) is 2.78. The van der Waals surface area contributed by atoms with Crippen molar-refractivity contribution >= 4 is 5.91 Å². The van der Waals surface area contributed by atoms with Crippen molar-refractivity contribution in [1.82, 2.24) is 5.32 Å². The fraction of sp³-hybridized carbons (Fsp3) is 0.444. The lowest BCUT2D eigenvalue weighted by atomic mass is 10.3. The standard InChI is InChI=1S/C9H13NO2/c1-2-3-9(11)10-8-4-6-12-7-5-8/h4-6H,2-3,7H2,1H3,(H,10,11). The number of carbonyl (C=O) groups is 1. The summed E-state index contributed by atoms with van der Waals surface area (Å²) in [5.41, 5.74) is 0.833. The summed E-state index contributed by atoms with van der Waals surface area (Å²) in [5.74, 6) is 0.0651. The molecule has 0 aromatic carbocycles. The van der Waals surface area contributed by atoms with Crippen LogP contribution in [-0.4, -0.2) is 12.5 Å². The SMILES string of the molecule is CCCC(=O)NC1=CCOC=C1. The van der Waals surface area contributed by atoms with Gasteiger partial charge in [-0.05, 0) is 18.6 Å². The van der Waals surface area contributed by atoms with Crippen molar-refractivity contribution in [2.75, 3.05) is 6.61 Å². The van der Waals surface area contributed by atoms with E-state index in [4.69, 9.17) is 4.74 Å². The summed E-state index contributed by atoms with van der Waals surface area (Å²) in [4.78, 5) is 11.1. The number of amides is 1. The summed E-state index contributed by atoms with van der Waals surface area (Å²) in [6, 6.07) is 0. The molecule has 0 aromatic rings. The molecule has 0 atom stereocenters. The molecule has 12 heavy (non-hydrogen) atoms. The molecule has 0 bridgehead atoms. The highest BCUT2D eigenvalue weighted by atomic mass is 16.5. The summed E-state index contributed by atoms with van der Waals surface area (Å²) in [6.45, 7) is 2.52. The van der Waals surface area contributed by atoms with Crippen molar-refractivity contribution in [2.45, 2.75) is 19.8 Å². The Morgan fingerprint density at radius 3 is 3.17 bits per heavy atom. The number of hydrogen-bond acceptors (Lipinski definition) is 2. The van der Waals surface area contributed by atoms with Gasteiger partial charge in [-0.2, -0.15) is 0 Å². The molecule has 1 aliphatic heterocycles. The summed E-state index contributed by atoms with van der Waals surface area (Å²) in [7, 11) is 0. The topological polar surface area (TPSA) is 38.3 Å². The molecule has 66 valence electrons.